The van der Waals surface area contributed by atoms with Crippen LogP contribution in [-0.4, -0.2) is 30.2 Å². The molecule has 1 aromatic carbocycles. The quantitative estimate of drug-likeness (QED) is 0.819. The first kappa shape index (κ1) is 12.2. The van der Waals surface area contributed by atoms with Gasteiger partial charge in [-0.3, -0.25) is 0 Å². The Morgan fingerprint density at radius 3 is 2.00 bits per heavy atom. The number of nitrogens with zero attached hydrogens (tertiary/aromatic N) is 1. The third-order valence-corrected chi connectivity index (χ3v) is 2.70. The van der Waals surface area contributed by atoms with Crippen LogP contribution >= 0.6 is 0 Å². The third kappa shape index (κ3) is 3.05. The lowest BCUT2D eigenvalue weighted by molar-refractivity contribution is 0.0401. The van der Waals surface area contributed by atoms with E-state index >= 15 is 0 Å². The van der Waals surface area contributed by atoms with E-state index in [1.807, 2.05) is 46.1 Å². The molecule has 0 saturated carbocycles. The maximum Gasteiger partial charge on any atom is 0.0759 e. The summed E-state index contributed by atoms with van der Waals surface area (Å²) in [5.41, 5.74) is 1.17. The van der Waals surface area contributed by atoms with Gasteiger partial charge >= 0.3 is 0 Å². The first-order chi connectivity index (χ1) is 7.04. The van der Waals surface area contributed by atoms with Gasteiger partial charge in [0.15, 0.2) is 0 Å². The number of hydrogen-bond donors (Lipinski definition) is 1. The van der Waals surface area contributed by atoms with Crippen molar-refractivity contribution in [1.82, 2.24) is 4.90 Å². The second kappa shape index (κ2) is 5.29. The Hall–Kier alpha value is -0.860. The maximum atomic E-state index is 10.2. The average Bonchev–Trinajstić information content (AvgIpc) is 2.18. The predicted octanol–water partition coefficient (Wildman–Crippen LogP) is 2.31. The fourth-order valence-electron chi connectivity index (χ4n) is 1.82. The van der Waals surface area contributed by atoms with E-state index in [0.717, 1.165) is 0 Å². The fourth-order valence-corrected chi connectivity index (χ4v) is 1.82. The van der Waals surface area contributed by atoms with Crippen LogP contribution < -0.4 is 0 Å². The summed E-state index contributed by atoms with van der Waals surface area (Å²) in [6.45, 7) is 4.09. The van der Waals surface area contributed by atoms with E-state index in [2.05, 4.69) is 17.0 Å². The van der Waals surface area contributed by atoms with Crippen molar-refractivity contribution in [3.05, 3.63) is 35.9 Å². The van der Waals surface area contributed by atoms with Gasteiger partial charge in [0.1, 0.15) is 0 Å². The highest BCUT2D eigenvalue weighted by Gasteiger charge is 2.25. The van der Waals surface area contributed by atoms with Gasteiger partial charge in [-0.15, -0.1) is 0 Å². The summed E-state index contributed by atoms with van der Waals surface area (Å²) in [7, 11) is 4.01. The number of aliphatic hydroxyl groups excluding tert-OH is 1. The molecule has 1 rings (SSSR count). The lowest BCUT2D eigenvalue weighted by Gasteiger charge is -2.31. The standard InChI is InChI=1S/C13H21NO/c1-10(2)13(15)12(14(3)4)11-8-6-5-7-9-11/h5-10,12-13,15H,1-4H3/t12-,13?/m0/s1. The number of likely N-dealkylation sites (N-methyl/N-ethyl adjacent to an activating group) is 1. The maximum absolute atomic E-state index is 10.2. The largest absolute Gasteiger partial charge is 0.391 e. The van der Waals surface area contributed by atoms with E-state index in [-0.39, 0.29) is 18.1 Å². The van der Waals surface area contributed by atoms with Gasteiger partial charge in [0.2, 0.25) is 0 Å². The molecule has 0 aliphatic heterocycles. The Balaban J connectivity index is 2.93. The number of aliphatic hydroxyl groups is 1. The van der Waals surface area contributed by atoms with E-state index < -0.39 is 0 Å². The molecule has 1 N–H and O–H groups in total. The molecule has 0 bridgehead atoms. The average molecular weight is 207 g/mol. The summed E-state index contributed by atoms with van der Waals surface area (Å²) < 4.78 is 0. The SMILES string of the molecule is CC(C)C(O)[C@H](c1ccccc1)N(C)C. The Labute approximate surface area is 92.5 Å². The minimum absolute atomic E-state index is 0.0752. The molecule has 0 radical (unpaired) electrons. The predicted molar refractivity (Wildman–Crippen MR) is 63.7 cm³/mol. The molecule has 0 aromatic heterocycles. The van der Waals surface area contributed by atoms with Crippen LogP contribution in [0.15, 0.2) is 30.3 Å². The number of benzene rings is 1. The number of rotatable bonds is 4. The van der Waals surface area contributed by atoms with E-state index in [1.54, 1.807) is 0 Å². The molecular weight excluding hydrogens is 186 g/mol. The highest BCUT2D eigenvalue weighted by molar-refractivity contribution is 5.20. The first-order valence-corrected chi connectivity index (χ1v) is 5.43. The normalized spacial score (nSPS) is 15.7. The second-order valence-corrected chi connectivity index (χ2v) is 4.55. The molecule has 0 amide bonds. The molecule has 0 heterocycles. The molecule has 2 nitrogen and oxygen atoms in total. The molecule has 2 heteroatoms. The highest BCUT2D eigenvalue weighted by Crippen LogP contribution is 2.25. The van der Waals surface area contributed by atoms with Gasteiger partial charge in [0.25, 0.3) is 0 Å². The molecule has 2 atom stereocenters. The highest BCUT2D eigenvalue weighted by atomic mass is 16.3. The molecule has 0 aliphatic rings. The summed E-state index contributed by atoms with van der Waals surface area (Å²) in [5.74, 6) is 0.262. The fraction of sp³-hybridized carbons (Fsp3) is 0.538. The first-order valence-electron chi connectivity index (χ1n) is 5.43. The Morgan fingerprint density at radius 1 is 1.07 bits per heavy atom. The molecule has 0 aliphatic carbocycles. The van der Waals surface area contributed by atoms with Crippen LogP contribution in [-0.2, 0) is 0 Å². The van der Waals surface area contributed by atoms with Gasteiger partial charge in [-0.25, -0.2) is 0 Å². The zero-order valence-electron chi connectivity index (χ0n) is 10.0. The third-order valence-electron chi connectivity index (χ3n) is 2.70. The van der Waals surface area contributed by atoms with Gasteiger partial charge in [0.05, 0.1) is 12.1 Å². The minimum atomic E-state index is -0.331. The molecule has 0 fully saturated rings. The van der Waals surface area contributed by atoms with Crippen LogP contribution in [0.25, 0.3) is 0 Å². The molecule has 84 valence electrons. The zero-order valence-corrected chi connectivity index (χ0v) is 10.0. The van der Waals surface area contributed by atoms with Crippen molar-refractivity contribution in [2.45, 2.75) is 26.0 Å². The van der Waals surface area contributed by atoms with Crippen molar-refractivity contribution in [3.63, 3.8) is 0 Å². The van der Waals surface area contributed by atoms with Crippen LogP contribution in [0.2, 0.25) is 0 Å². The Kier molecular flexibility index (Phi) is 4.30. The molecule has 15 heavy (non-hydrogen) atoms. The Bertz CT molecular complexity index is 282. The molecule has 0 saturated heterocycles. The van der Waals surface area contributed by atoms with Crippen molar-refractivity contribution in [2.24, 2.45) is 5.92 Å². The number of hydrogen-bond acceptors (Lipinski definition) is 2. The lowest BCUT2D eigenvalue weighted by Crippen LogP contribution is -2.34. The summed E-state index contributed by atoms with van der Waals surface area (Å²) in [5, 5.41) is 10.2. The molecule has 0 spiro atoms. The summed E-state index contributed by atoms with van der Waals surface area (Å²) in [6, 6.07) is 10.2. The van der Waals surface area contributed by atoms with Crippen molar-refractivity contribution >= 4 is 0 Å². The van der Waals surface area contributed by atoms with Gasteiger partial charge in [0, 0.05) is 0 Å². The van der Waals surface area contributed by atoms with Crippen LogP contribution in [0.4, 0.5) is 0 Å². The monoisotopic (exact) mass is 207 g/mol. The van der Waals surface area contributed by atoms with E-state index in [0.29, 0.717) is 0 Å². The summed E-state index contributed by atoms with van der Waals surface area (Å²) in [4.78, 5) is 2.07. The van der Waals surface area contributed by atoms with Gasteiger partial charge < -0.3 is 10.0 Å². The molecule has 1 unspecified atom stereocenters. The minimum Gasteiger partial charge on any atom is -0.391 e. The molecular formula is C13H21NO. The molecule has 1 aromatic rings. The van der Waals surface area contributed by atoms with Crippen molar-refractivity contribution in [3.8, 4) is 0 Å². The Morgan fingerprint density at radius 2 is 1.60 bits per heavy atom. The van der Waals surface area contributed by atoms with Crippen molar-refractivity contribution in [1.29, 1.82) is 0 Å². The van der Waals surface area contributed by atoms with Crippen LogP contribution in [0.1, 0.15) is 25.5 Å². The van der Waals surface area contributed by atoms with E-state index in [9.17, 15) is 5.11 Å². The smallest absolute Gasteiger partial charge is 0.0759 e. The van der Waals surface area contributed by atoms with Gasteiger partial charge in [-0.05, 0) is 25.6 Å². The van der Waals surface area contributed by atoms with Gasteiger partial charge in [-0.2, -0.15) is 0 Å². The van der Waals surface area contributed by atoms with Crippen LogP contribution in [0, 0.1) is 5.92 Å². The summed E-state index contributed by atoms with van der Waals surface area (Å²) >= 11 is 0. The van der Waals surface area contributed by atoms with Crippen LogP contribution in [0.5, 0.6) is 0 Å². The lowest BCUT2D eigenvalue weighted by atomic mass is 9.93. The van der Waals surface area contributed by atoms with E-state index in [1.165, 1.54) is 5.56 Å². The summed E-state index contributed by atoms with van der Waals surface area (Å²) in [6.07, 6.45) is -0.331. The second-order valence-electron chi connectivity index (χ2n) is 4.55. The topological polar surface area (TPSA) is 23.5 Å². The van der Waals surface area contributed by atoms with Crippen molar-refractivity contribution in [2.75, 3.05) is 14.1 Å². The van der Waals surface area contributed by atoms with E-state index in [4.69, 9.17) is 0 Å². The zero-order chi connectivity index (χ0) is 11.4. The van der Waals surface area contributed by atoms with Crippen LogP contribution in [0.3, 0.4) is 0 Å². The van der Waals surface area contributed by atoms with Crippen molar-refractivity contribution < 1.29 is 5.11 Å². The van der Waals surface area contributed by atoms with Gasteiger partial charge in [-0.1, -0.05) is 44.2 Å².